The molecule has 1 saturated heterocycles. The fourth-order valence-corrected chi connectivity index (χ4v) is 3.33. The molecule has 5 nitrogen and oxygen atoms in total. The molecule has 0 saturated carbocycles. The number of para-hydroxylation sites is 1. The monoisotopic (exact) mass is 366 g/mol. The largest absolute Gasteiger partial charge is 0.334 e. The molecule has 1 heterocycles. The van der Waals surface area contributed by atoms with Crippen molar-refractivity contribution in [1.29, 1.82) is 0 Å². The molecular formula is C22H30N4O. The molecule has 2 N–H and O–H groups in total. The molecule has 0 atom stereocenters. The summed E-state index contributed by atoms with van der Waals surface area (Å²) in [5, 5.41) is 5.88. The van der Waals surface area contributed by atoms with Crippen molar-refractivity contribution in [1.82, 2.24) is 15.1 Å². The summed E-state index contributed by atoms with van der Waals surface area (Å²) in [5.74, 6) is 0. The number of amides is 2. The van der Waals surface area contributed by atoms with Crippen molar-refractivity contribution in [2.45, 2.75) is 26.4 Å². The van der Waals surface area contributed by atoms with Crippen molar-refractivity contribution in [3.05, 3.63) is 65.2 Å². The highest BCUT2D eigenvalue weighted by molar-refractivity contribution is 5.90. The van der Waals surface area contributed by atoms with Gasteiger partial charge in [-0.1, -0.05) is 49.4 Å². The fourth-order valence-electron chi connectivity index (χ4n) is 3.33. The molecule has 0 unspecified atom stereocenters. The minimum Gasteiger partial charge on any atom is -0.334 e. The van der Waals surface area contributed by atoms with E-state index in [0.29, 0.717) is 6.54 Å². The van der Waals surface area contributed by atoms with Crippen LogP contribution in [0.2, 0.25) is 0 Å². The minimum atomic E-state index is -0.169. The number of carbonyl (C=O) groups is 1. The maximum atomic E-state index is 12.2. The molecule has 1 aliphatic rings. The summed E-state index contributed by atoms with van der Waals surface area (Å²) in [5.41, 5.74) is 4.45. The molecule has 144 valence electrons. The summed E-state index contributed by atoms with van der Waals surface area (Å²) >= 11 is 0. The Hall–Kier alpha value is -2.37. The molecule has 2 amide bonds. The van der Waals surface area contributed by atoms with E-state index in [1.807, 2.05) is 24.3 Å². The second kappa shape index (κ2) is 9.53. The third kappa shape index (κ3) is 5.81. The zero-order valence-corrected chi connectivity index (χ0v) is 16.4. The molecule has 1 aliphatic heterocycles. The number of aryl methyl sites for hydroxylation is 1. The average Bonchev–Trinajstić information content (AvgIpc) is 2.69. The summed E-state index contributed by atoms with van der Waals surface area (Å²) in [6.45, 7) is 8.13. The highest BCUT2D eigenvalue weighted by Gasteiger charge is 2.13. The van der Waals surface area contributed by atoms with E-state index in [1.165, 1.54) is 5.56 Å². The second-order valence-corrected chi connectivity index (χ2v) is 7.21. The molecule has 5 heteroatoms. The maximum absolute atomic E-state index is 12.2. The minimum absolute atomic E-state index is 0.169. The van der Waals surface area contributed by atoms with Crippen LogP contribution in [0.3, 0.4) is 0 Å². The summed E-state index contributed by atoms with van der Waals surface area (Å²) in [6, 6.07) is 16.3. The Morgan fingerprint density at radius 2 is 1.63 bits per heavy atom. The summed E-state index contributed by atoms with van der Waals surface area (Å²) < 4.78 is 0. The van der Waals surface area contributed by atoms with E-state index in [9.17, 15) is 4.79 Å². The van der Waals surface area contributed by atoms with E-state index in [4.69, 9.17) is 0 Å². The zero-order chi connectivity index (χ0) is 19.1. The molecule has 0 radical (unpaired) electrons. The van der Waals surface area contributed by atoms with E-state index >= 15 is 0 Å². The number of benzene rings is 2. The zero-order valence-electron chi connectivity index (χ0n) is 16.4. The topological polar surface area (TPSA) is 47.6 Å². The molecule has 0 spiro atoms. The molecule has 3 rings (SSSR count). The average molecular weight is 367 g/mol. The van der Waals surface area contributed by atoms with Crippen molar-refractivity contribution in [2.24, 2.45) is 0 Å². The predicted octanol–water partition coefficient (Wildman–Crippen LogP) is 3.32. The predicted molar refractivity (Wildman–Crippen MR) is 111 cm³/mol. The Kier molecular flexibility index (Phi) is 6.85. The van der Waals surface area contributed by atoms with Gasteiger partial charge < -0.3 is 15.5 Å². The van der Waals surface area contributed by atoms with Gasteiger partial charge in [0.15, 0.2) is 0 Å². The Morgan fingerprint density at radius 1 is 0.963 bits per heavy atom. The Morgan fingerprint density at radius 3 is 2.33 bits per heavy atom. The molecule has 2 aromatic carbocycles. The van der Waals surface area contributed by atoms with Gasteiger partial charge in [0.25, 0.3) is 0 Å². The molecule has 2 aromatic rings. The lowest BCUT2D eigenvalue weighted by Crippen LogP contribution is -2.43. The first kappa shape index (κ1) is 19.4. The van der Waals surface area contributed by atoms with Crippen LogP contribution in [0.4, 0.5) is 10.5 Å². The van der Waals surface area contributed by atoms with E-state index in [2.05, 4.69) is 58.7 Å². The van der Waals surface area contributed by atoms with E-state index in [0.717, 1.165) is 56.0 Å². The number of nitrogens with one attached hydrogen (secondary N) is 2. The Labute approximate surface area is 162 Å². The molecule has 1 fully saturated rings. The van der Waals surface area contributed by atoms with E-state index in [-0.39, 0.29) is 6.03 Å². The van der Waals surface area contributed by atoms with Crippen molar-refractivity contribution in [2.75, 3.05) is 38.5 Å². The first-order chi connectivity index (χ1) is 13.1. The second-order valence-electron chi connectivity index (χ2n) is 7.21. The number of anilines is 1. The van der Waals surface area contributed by atoms with Crippen LogP contribution in [0, 0.1) is 0 Å². The molecular weight excluding hydrogens is 336 g/mol. The van der Waals surface area contributed by atoms with Gasteiger partial charge >= 0.3 is 6.03 Å². The number of hydrogen-bond donors (Lipinski definition) is 2. The van der Waals surface area contributed by atoms with Crippen LogP contribution in [0.25, 0.3) is 0 Å². The highest BCUT2D eigenvalue weighted by atomic mass is 16.2. The standard InChI is InChI=1S/C22H30N4O/c1-3-20-6-4-5-7-21(20)24-22(27)23-16-18-8-10-19(11-9-18)17-26-14-12-25(2)13-15-26/h4-11H,3,12-17H2,1-2H3,(H2,23,24,27). The van der Waals surface area contributed by atoms with Crippen LogP contribution < -0.4 is 10.6 Å². The quantitative estimate of drug-likeness (QED) is 0.824. The van der Waals surface area contributed by atoms with Gasteiger partial charge in [-0.05, 0) is 36.2 Å². The van der Waals surface area contributed by atoms with Crippen molar-refractivity contribution < 1.29 is 4.79 Å². The van der Waals surface area contributed by atoms with Crippen molar-refractivity contribution in [3.63, 3.8) is 0 Å². The van der Waals surface area contributed by atoms with Crippen LogP contribution in [-0.2, 0) is 19.5 Å². The third-order valence-electron chi connectivity index (χ3n) is 5.12. The van der Waals surface area contributed by atoms with E-state index < -0.39 is 0 Å². The summed E-state index contributed by atoms with van der Waals surface area (Å²) in [4.78, 5) is 17.0. The number of urea groups is 1. The third-order valence-corrected chi connectivity index (χ3v) is 5.12. The maximum Gasteiger partial charge on any atom is 0.319 e. The molecule has 0 aliphatic carbocycles. The number of piperazine rings is 1. The van der Waals surface area contributed by atoms with Gasteiger partial charge in [0, 0.05) is 45.0 Å². The number of rotatable bonds is 6. The van der Waals surface area contributed by atoms with Crippen LogP contribution in [0.5, 0.6) is 0 Å². The van der Waals surface area contributed by atoms with Gasteiger partial charge in [0.2, 0.25) is 0 Å². The van der Waals surface area contributed by atoms with E-state index in [1.54, 1.807) is 0 Å². The van der Waals surface area contributed by atoms with Gasteiger partial charge in [-0.3, -0.25) is 4.90 Å². The highest BCUT2D eigenvalue weighted by Crippen LogP contribution is 2.15. The van der Waals surface area contributed by atoms with Gasteiger partial charge in [-0.15, -0.1) is 0 Å². The van der Waals surface area contributed by atoms with Crippen LogP contribution >= 0.6 is 0 Å². The number of carbonyl (C=O) groups excluding carboxylic acids is 1. The summed E-state index contributed by atoms with van der Waals surface area (Å²) in [7, 11) is 2.18. The number of hydrogen-bond acceptors (Lipinski definition) is 3. The lowest BCUT2D eigenvalue weighted by Gasteiger charge is -2.32. The van der Waals surface area contributed by atoms with Crippen LogP contribution in [0.1, 0.15) is 23.6 Å². The molecule has 27 heavy (non-hydrogen) atoms. The molecule has 0 bridgehead atoms. The van der Waals surface area contributed by atoms with Gasteiger partial charge in [-0.2, -0.15) is 0 Å². The lowest BCUT2D eigenvalue weighted by atomic mass is 10.1. The number of nitrogens with zero attached hydrogens (tertiary/aromatic N) is 2. The smallest absolute Gasteiger partial charge is 0.319 e. The van der Waals surface area contributed by atoms with Crippen LogP contribution in [0.15, 0.2) is 48.5 Å². The normalized spacial score (nSPS) is 15.5. The van der Waals surface area contributed by atoms with Gasteiger partial charge in [-0.25, -0.2) is 4.79 Å². The van der Waals surface area contributed by atoms with Crippen LogP contribution in [-0.4, -0.2) is 49.1 Å². The Bertz CT molecular complexity index is 736. The first-order valence-corrected chi connectivity index (χ1v) is 9.75. The lowest BCUT2D eigenvalue weighted by molar-refractivity contribution is 0.148. The fraction of sp³-hybridized carbons (Fsp3) is 0.409. The molecule has 0 aromatic heterocycles. The SMILES string of the molecule is CCc1ccccc1NC(=O)NCc1ccc(CN2CCN(C)CC2)cc1. The Balaban J connectivity index is 1.46. The van der Waals surface area contributed by atoms with Crippen molar-refractivity contribution >= 4 is 11.7 Å². The van der Waals surface area contributed by atoms with Crippen molar-refractivity contribution in [3.8, 4) is 0 Å². The summed E-state index contributed by atoms with van der Waals surface area (Å²) in [6.07, 6.45) is 0.894. The van der Waals surface area contributed by atoms with Gasteiger partial charge in [0.1, 0.15) is 0 Å². The number of likely N-dealkylation sites (N-methyl/N-ethyl adjacent to an activating group) is 1. The first-order valence-electron chi connectivity index (χ1n) is 9.75. The van der Waals surface area contributed by atoms with Gasteiger partial charge in [0.05, 0.1) is 0 Å².